The molecule has 0 radical (unpaired) electrons. The van der Waals surface area contributed by atoms with Gasteiger partial charge in [0.2, 0.25) is 0 Å². The molecule has 1 saturated heterocycles. The first-order chi connectivity index (χ1) is 15.2. The zero-order chi connectivity index (χ0) is 21.2. The molecule has 2 N–H and O–H groups in total. The SMILES string of the molecule is Nc1cncc(C2COCCCN2C(=O)OCC2c3ccccc3-c3ccccc32)c1. The van der Waals surface area contributed by atoms with Gasteiger partial charge in [-0.3, -0.25) is 9.88 Å². The Bertz CT molecular complexity index is 1060. The van der Waals surface area contributed by atoms with Crippen LogP contribution in [0.5, 0.6) is 0 Å². The topological polar surface area (TPSA) is 77.7 Å². The van der Waals surface area contributed by atoms with E-state index in [-0.39, 0.29) is 18.1 Å². The van der Waals surface area contributed by atoms with E-state index in [4.69, 9.17) is 15.2 Å². The number of nitrogens with zero attached hydrogens (tertiary/aromatic N) is 2. The molecule has 158 valence electrons. The van der Waals surface area contributed by atoms with Crippen LogP contribution >= 0.6 is 0 Å². The molecule has 0 spiro atoms. The van der Waals surface area contributed by atoms with Gasteiger partial charge in [-0.15, -0.1) is 0 Å². The highest BCUT2D eigenvalue weighted by Crippen LogP contribution is 2.44. The summed E-state index contributed by atoms with van der Waals surface area (Å²) in [6.07, 6.45) is 3.76. The Morgan fingerprint density at radius 3 is 2.52 bits per heavy atom. The van der Waals surface area contributed by atoms with Crippen molar-refractivity contribution < 1.29 is 14.3 Å². The minimum atomic E-state index is -0.334. The summed E-state index contributed by atoms with van der Waals surface area (Å²) in [6.45, 7) is 1.87. The lowest BCUT2D eigenvalue weighted by atomic mass is 9.98. The Morgan fingerprint density at radius 1 is 1.10 bits per heavy atom. The van der Waals surface area contributed by atoms with Crippen LogP contribution in [0.2, 0.25) is 0 Å². The molecule has 2 aliphatic rings. The van der Waals surface area contributed by atoms with Crippen LogP contribution in [0.4, 0.5) is 10.5 Å². The number of carbonyl (C=O) groups is 1. The maximum absolute atomic E-state index is 13.2. The molecule has 2 aromatic carbocycles. The maximum atomic E-state index is 13.2. The highest BCUT2D eigenvalue weighted by molar-refractivity contribution is 5.79. The average molecular weight is 415 g/mol. The summed E-state index contributed by atoms with van der Waals surface area (Å²) in [5.74, 6) is 0.0343. The van der Waals surface area contributed by atoms with Crippen molar-refractivity contribution in [1.29, 1.82) is 0 Å². The molecule has 6 heteroatoms. The fourth-order valence-electron chi connectivity index (χ4n) is 4.61. The predicted octanol–water partition coefficient (Wildman–Crippen LogP) is 4.38. The third-order valence-electron chi connectivity index (χ3n) is 6.08. The van der Waals surface area contributed by atoms with E-state index >= 15 is 0 Å². The van der Waals surface area contributed by atoms with Crippen molar-refractivity contribution in [2.24, 2.45) is 0 Å². The van der Waals surface area contributed by atoms with E-state index in [0.29, 0.717) is 32.1 Å². The molecule has 31 heavy (non-hydrogen) atoms. The van der Waals surface area contributed by atoms with Gasteiger partial charge in [0.05, 0.1) is 18.3 Å². The van der Waals surface area contributed by atoms with E-state index < -0.39 is 0 Å². The molecule has 3 aromatic rings. The molecule has 1 atom stereocenters. The number of hydrogen-bond acceptors (Lipinski definition) is 5. The van der Waals surface area contributed by atoms with Crippen LogP contribution < -0.4 is 5.73 Å². The number of hydrogen-bond donors (Lipinski definition) is 1. The Kier molecular flexibility index (Phi) is 5.30. The minimum absolute atomic E-state index is 0.0343. The Balaban J connectivity index is 1.37. The van der Waals surface area contributed by atoms with Crippen LogP contribution in [0.15, 0.2) is 67.0 Å². The number of pyridine rings is 1. The van der Waals surface area contributed by atoms with Gasteiger partial charge in [0.15, 0.2) is 0 Å². The zero-order valence-electron chi connectivity index (χ0n) is 17.2. The van der Waals surface area contributed by atoms with Gasteiger partial charge >= 0.3 is 6.09 Å². The maximum Gasteiger partial charge on any atom is 0.410 e. The lowest BCUT2D eigenvalue weighted by Gasteiger charge is -2.29. The van der Waals surface area contributed by atoms with Gasteiger partial charge in [-0.05, 0) is 40.3 Å². The van der Waals surface area contributed by atoms with Gasteiger partial charge in [-0.25, -0.2) is 4.79 Å². The second-order valence-corrected chi connectivity index (χ2v) is 7.99. The van der Waals surface area contributed by atoms with Crippen molar-refractivity contribution in [3.63, 3.8) is 0 Å². The first-order valence-electron chi connectivity index (χ1n) is 10.6. The fourth-order valence-corrected chi connectivity index (χ4v) is 4.61. The van der Waals surface area contributed by atoms with Gasteiger partial charge in [-0.2, -0.15) is 0 Å². The van der Waals surface area contributed by atoms with Crippen LogP contribution in [-0.2, 0) is 9.47 Å². The zero-order valence-corrected chi connectivity index (χ0v) is 17.2. The minimum Gasteiger partial charge on any atom is -0.448 e. The molecule has 1 fully saturated rings. The second kappa shape index (κ2) is 8.40. The van der Waals surface area contributed by atoms with Gasteiger partial charge in [-0.1, -0.05) is 48.5 Å². The number of carbonyl (C=O) groups excluding carboxylic acids is 1. The summed E-state index contributed by atoms with van der Waals surface area (Å²) < 4.78 is 11.6. The van der Waals surface area contributed by atoms with E-state index in [2.05, 4.69) is 29.2 Å². The van der Waals surface area contributed by atoms with Crippen molar-refractivity contribution in [3.8, 4) is 11.1 Å². The average Bonchev–Trinajstić information content (AvgIpc) is 2.94. The number of amides is 1. The van der Waals surface area contributed by atoms with Crippen LogP contribution in [0.1, 0.15) is 35.1 Å². The highest BCUT2D eigenvalue weighted by Gasteiger charge is 2.32. The lowest BCUT2D eigenvalue weighted by Crippen LogP contribution is -2.37. The normalized spacial score (nSPS) is 18.2. The van der Waals surface area contributed by atoms with Crippen LogP contribution in [0, 0.1) is 0 Å². The summed E-state index contributed by atoms with van der Waals surface area (Å²) >= 11 is 0. The Labute approximate surface area is 181 Å². The predicted molar refractivity (Wildman–Crippen MR) is 119 cm³/mol. The van der Waals surface area contributed by atoms with Gasteiger partial charge < -0.3 is 15.2 Å². The number of benzene rings is 2. The largest absolute Gasteiger partial charge is 0.448 e. The van der Waals surface area contributed by atoms with Crippen LogP contribution in [0.3, 0.4) is 0 Å². The number of anilines is 1. The van der Waals surface area contributed by atoms with E-state index in [9.17, 15) is 4.79 Å². The quantitative estimate of drug-likeness (QED) is 0.687. The molecule has 1 aliphatic heterocycles. The number of aromatic nitrogens is 1. The molecule has 1 amide bonds. The third-order valence-corrected chi connectivity index (χ3v) is 6.08. The van der Waals surface area contributed by atoms with Crippen molar-refractivity contribution in [1.82, 2.24) is 9.88 Å². The first-order valence-corrected chi connectivity index (χ1v) is 10.6. The number of ether oxygens (including phenoxy) is 2. The van der Waals surface area contributed by atoms with Crippen LogP contribution in [0.25, 0.3) is 11.1 Å². The van der Waals surface area contributed by atoms with E-state index in [0.717, 1.165) is 12.0 Å². The molecule has 1 aliphatic carbocycles. The Hall–Kier alpha value is -3.38. The summed E-state index contributed by atoms with van der Waals surface area (Å²) in [4.78, 5) is 19.1. The fraction of sp³-hybridized carbons (Fsp3) is 0.280. The third kappa shape index (κ3) is 3.75. The molecule has 2 heterocycles. The summed E-state index contributed by atoms with van der Waals surface area (Å²) in [5.41, 5.74) is 12.2. The molecular formula is C25H25N3O3. The highest BCUT2D eigenvalue weighted by atomic mass is 16.6. The number of nitrogen functional groups attached to an aromatic ring is 1. The Morgan fingerprint density at radius 2 is 1.81 bits per heavy atom. The number of rotatable bonds is 3. The van der Waals surface area contributed by atoms with Gasteiger partial charge in [0, 0.05) is 31.5 Å². The van der Waals surface area contributed by atoms with Crippen molar-refractivity contribution in [3.05, 3.63) is 83.7 Å². The van der Waals surface area contributed by atoms with Crippen molar-refractivity contribution in [2.75, 3.05) is 32.1 Å². The summed E-state index contributed by atoms with van der Waals surface area (Å²) in [7, 11) is 0. The monoisotopic (exact) mass is 415 g/mol. The standard InChI is InChI=1S/C25H25N3O3/c26-18-12-17(13-27-14-18)24-16-30-11-5-10-28(24)25(29)31-15-23-21-8-3-1-6-19(21)20-7-2-4-9-22(20)23/h1-4,6-9,12-14,23-24H,5,10-11,15-16,26H2. The summed E-state index contributed by atoms with van der Waals surface area (Å²) in [6, 6.07) is 18.2. The number of nitrogens with two attached hydrogens (primary N) is 1. The molecule has 5 rings (SSSR count). The smallest absolute Gasteiger partial charge is 0.410 e. The van der Waals surface area contributed by atoms with Gasteiger partial charge in [0.1, 0.15) is 6.61 Å². The lowest BCUT2D eigenvalue weighted by molar-refractivity contribution is 0.0676. The van der Waals surface area contributed by atoms with E-state index in [1.54, 1.807) is 17.3 Å². The molecule has 0 saturated carbocycles. The van der Waals surface area contributed by atoms with Crippen LogP contribution in [-0.4, -0.2) is 42.3 Å². The molecule has 6 nitrogen and oxygen atoms in total. The second-order valence-electron chi connectivity index (χ2n) is 7.99. The van der Waals surface area contributed by atoms with E-state index in [1.807, 2.05) is 30.3 Å². The van der Waals surface area contributed by atoms with Crippen molar-refractivity contribution >= 4 is 11.8 Å². The molecule has 1 aromatic heterocycles. The van der Waals surface area contributed by atoms with Gasteiger partial charge in [0.25, 0.3) is 0 Å². The number of fused-ring (bicyclic) bond motifs is 3. The first kappa shape index (κ1) is 19.6. The van der Waals surface area contributed by atoms with Crippen molar-refractivity contribution in [2.45, 2.75) is 18.4 Å². The van der Waals surface area contributed by atoms with E-state index in [1.165, 1.54) is 22.3 Å². The molecule has 1 unspecified atom stereocenters. The summed E-state index contributed by atoms with van der Waals surface area (Å²) in [5, 5.41) is 0. The molecule has 0 bridgehead atoms. The molecular weight excluding hydrogens is 390 g/mol.